The van der Waals surface area contributed by atoms with Gasteiger partial charge in [0.25, 0.3) is 0 Å². The minimum absolute atomic E-state index is 0.0389. The topological polar surface area (TPSA) is 61.9 Å². The average molecular weight is 435 g/mol. The van der Waals surface area contributed by atoms with Crippen LogP contribution in [0.3, 0.4) is 0 Å². The Hall–Kier alpha value is -2.19. The highest BCUT2D eigenvalue weighted by Gasteiger charge is 2.14. The van der Waals surface area contributed by atoms with Crippen LogP contribution in [-0.4, -0.2) is 38.8 Å². The number of aromatic nitrogens is 3. The Morgan fingerprint density at radius 1 is 1.23 bits per heavy atom. The summed E-state index contributed by atoms with van der Waals surface area (Å²) in [6.07, 6.45) is 0. The lowest BCUT2D eigenvalue weighted by Gasteiger charge is -2.17. The van der Waals surface area contributed by atoms with Crippen molar-refractivity contribution in [2.45, 2.75) is 11.7 Å². The van der Waals surface area contributed by atoms with Gasteiger partial charge in [0.2, 0.25) is 11.1 Å². The SMILES string of the molecule is CN(Cc1ccccc1Br)C(=O)CSc1n[nH]c(-c2ccccc2F)n1. The zero-order valence-corrected chi connectivity index (χ0v) is 16.3. The molecule has 3 rings (SSSR count). The number of hydrogen-bond acceptors (Lipinski definition) is 4. The van der Waals surface area contributed by atoms with E-state index in [1.807, 2.05) is 24.3 Å². The maximum absolute atomic E-state index is 13.8. The van der Waals surface area contributed by atoms with E-state index in [0.29, 0.717) is 23.1 Å². The van der Waals surface area contributed by atoms with Gasteiger partial charge in [-0.3, -0.25) is 9.89 Å². The van der Waals surface area contributed by atoms with E-state index in [0.717, 1.165) is 10.0 Å². The van der Waals surface area contributed by atoms with Gasteiger partial charge >= 0.3 is 0 Å². The summed E-state index contributed by atoms with van der Waals surface area (Å²) in [6, 6.07) is 14.1. The van der Waals surface area contributed by atoms with Gasteiger partial charge in [0.15, 0.2) is 5.82 Å². The monoisotopic (exact) mass is 434 g/mol. The van der Waals surface area contributed by atoms with Crippen molar-refractivity contribution in [1.29, 1.82) is 0 Å². The molecule has 0 bridgehead atoms. The number of aromatic amines is 1. The maximum Gasteiger partial charge on any atom is 0.233 e. The third kappa shape index (κ3) is 4.50. The number of halogens is 2. The van der Waals surface area contributed by atoms with Crippen LogP contribution in [-0.2, 0) is 11.3 Å². The molecule has 8 heteroatoms. The molecule has 5 nitrogen and oxygen atoms in total. The normalized spacial score (nSPS) is 10.7. The number of rotatable bonds is 6. The van der Waals surface area contributed by atoms with Gasteiger partial charge in [-0.25, -0.2) is 9.37 Å². The van der Waals surface area contributed by atoms with Gasteiger partial charge in [0.05, 0.1) is 11.3 Å². The lowest BCUT2D eigenvalue weighted by Crippen LogP contribution is -2.27. The second kappa shape index (κ2) is 8.46. The number of H-pyrrole nitrogens is 1. The van der Waals surface area contributed by atoms with E-state index in [2.05, 4.69) is 31.1 Å². The molecule has 0 unspecified atom stereocenters. The van der Waals surface area contributed by atoms with Crippen LogP contribution in [0.2, 0.25) is 0 Å². The molecule has 0 saturated heterocycles. The van der Waals surface area contributed by atoms with E-state index in [9.17, 15) is 9.18 Å². The summed E-state index contributed by atoms with van der Waals surface area (Å²) in [6.45, 7) is 0.509. The number of nitrogens with zero attached hydrogens (tertiary/aromatic N) is 3. The van der Waals surface area contributed by atoms with Gasteiger partial charge in [-0.15, -0.1) is 5.10 Å². The van der Waals surface area contributed by atoms with E-state index in [1.165, 1.54) is 17.8 Å². The first-order chi connectivity index (χ1) is 12.5. The van der Waals surface area contributed by atoms with Gasteiger partial charge in [-0.05, 0) is 23.8 Å². The first-order valence-electron chi connectivity index (χ1n) is 7.82. The van der Waals surface area contributed by atoms with E-state index in [1.54, 1.807) is 30.1 Å². The van der Waals surface area contributed by atoms with Crippen LogP contribution in [0.5, 0.6) is 0 Å². The summed E-state index contributed by atoms with van der Waals surface area (Å²) in [4.78, 5) is 18.2. The third-order valence-corrected chi connectivity index (χ3v) is 5.32. The van der Waals surface area contributed by atoms with Crippen molar-refractivity contribution in [3.8, 4) is 11.4 Å². The van der Waals surface area contributed by atoms with Crippen molar-refractivity contribution in [2.75, 3.05) is 12.8 Å². The number of carbonyl (C=O) groups is 1. The summed E-state index contributed by atoms with van der Waals surface area (Å²) in [5, 5.41) is 7.16. The van der Waals surface area contributed by atoms with Crippen LogP contribution in [0.1, 0.15) is 5.56 Å². The second-order valence-electron chi connectivity index (χ2n) is 5.58. The van der Waals surface area contributed by atoms with Gasteiger partial charge in [0, 0.05) is 18.1 Å². The molecule has 0 aliphatic rings. The number of carbonyl (C=O) groups excluding carboxylic acids is 1. The van der Waals surface area contributed by atoms with Gasteiger partial charge in [-0.1, -0.05) is 58.0 Å². The zero-order chi connectivity index (χ0) is 18.5. The zero-order valence-electron chi connectivity index (χ0n) is 13.9. The fourth-order valence-corrected chi connectivity index (χ4v) is 3.44. The van der Waals surface area contributed by atoms with E-state index >= 15 is 0 Å². The summed E-state index contributed by atoms with van der Waals surface area (Å²) in [7, 11) is 1.76. The Morgan fingerprint density at radius 3 is 2.73 bits per heavy atom. The molecule has 1 aromatic heterocycles. The predicted molar refractivity (Wildman–Crippen MR) is 103 cm³/mol. The van der Waals surface area contributed by atoms with E-state index in [4.69, 9.17) is 0 Å². The standard InChI is InChI=1S/C18H16BrFN4OS/c1-24(10-12-6-2-4-8-14(12)19)16(25)11-26-18-21-17(22-23-18)13-7-3-5-9-15(13)20/h2-9H,10-11H2,1H3,(H,21,22,23). The highest BCUT2D eigenvalue weighted by Crippen LogP contribution is 2.22. The van der Waals surface area contributed by atoms with Crippen molar-refractivity contribution < 1.29 is 9.18 Å². The van der Waals surface area contributed by atoms with Crippen molar-refractivity contribution >= 4 is 33.6 Å². The minimum Gasteiger partial charge on any atom is -0.341 e. The fraction of sp³-hybridized carbons (Fsp3) is 0.167. The smallest absolute Gasteiger partial charge is 0.233 e. The Morgan fingerprint density at radius 2 is 1.96 bits per heavy atom. The summed E-state index contributed by atoms with van der Waals surface area (Å²) < 4.78 is 14.8. The van der Waals surface area contributed by atoms with Crippen molar-refractivity contribution in [3.63, 3.8) is 0 Å². The van der Waals surface area contributed by atoms with Crippen molar-refractivity contribution in [3.05, 3.63) is 64.4 Å². The molecule has 0 radical (unpaired) electrons. The number of amides is 1. The lowest BCUT2D eigenvalue weighted by atomic mass is 10.2. The van der Waals surface area contributed by atoms with Gasteiger partial charge < -0.3 is 4.90 Å². The fourth-order valence-electron chi connectivity index (χ4n) is 2.29. The first kappa shape index (κ1) is 18.6. The van der Waals surface area contributed by atoms with Crippen LogP contribution >= 0.6 is 27.7 Å². The highest BCUT2D eigenvalue weighted by molar-refractivity contribution is 9.10. The molecule has 26 heavy (non-hydrogen) atoms. The molecular formula is C18H16BrFN4OS. The predicted octanol–water partition coefficient (Wildman–Crippen LogP) is 4.12. The third-order valence-electron chi connectivity index (χ3n) is 3.71. The molecule has 0 fully saturated rings. The van der Waals surface area contributed by atoms with Crippen LogP contribution in [0, 0.1) is 5.82 Å². The number of nitrogens with one attached hydrogen (secondary N) is 1. The highest BCUT2D eigenvalue weighted by atomic mass is 79.9. The lowest BCUT2D eigenvalue weighted by molar-refractivity contribution is -0.127. The number of hydrogen-bond donors (Lipinski definition) is 1. The van der Waals surface area contributed by atoms with Crippen LogP contribution in [0.4, 0.5) is 4.39 Å². The molecule has 1 heterocycles. The Balaban J connectivity index is 1.58. The molecule has 0 aliphatic carbocycles. The summed E-state index contributed by atoms with van der Waals surface area (Å²) in [5.74, 6) is 0.141. The van der Waals surface area contributed by atoms with Gasteiger partial charge in [0.1, 0.15) is 5.82 Å². The quantitative estimate of drug-likeness (QED) is 0.592. The Labute approximate surface area is 163 Å². The summed E-state index contributed by atoms with van der Waals surface area (Å²) in [5.41, 5.74) is 1.39. The molecule has 134 valence electrons. The largest absolute Gasteiger partial charge is 0.341 e. The Bertz CT molecular complexity index is 917. The van der Waals surface area contributed by atoms with Gasteiger partial charge in [-0.2, -0.15) is 0 Å². The van der Waals surface area contributed by atoms with Crippen molar-refractivity contribution in [2.24, 2.45) is 0 Å². The van der Waals surface area contributed by atoms with Crippen LogP contribution < -0.4 is 0 Å². The van der Waals surface area contributed by atoms with Crippen LogP contribution in [0.25, 0.3) is 11.4 Å². The van der Waals surface area contributed by atoms with E-state index < -0.39 is 0 Å². The molecule has 2 aromatic carbocycles. The summed E-state index contributed by atoms with van der Waals surface area (Å²) >= 11 is 4.70. The molecule has 0 spiro atoms. The maximum atomic E-state index is 13.8. The Kier molecular flexibility index (Phi) is 6.05. The number of benzene rings is 2. The molecule has 3 aromatic rings. The molecule has 1 N–H and O–H groups in total. The molecule has 1 amide bonds. The second-order valence-corrected chi connectivity index (χ2v) is 7.37. The first-order valence-corrected chi connectivity index (χ1v) is 9.60. The molecular weight excluding hydrogens is 419 g/mol. The van der Waals surface area contributed by atoms with E-state index in [-0.39, 0.29) is 17.5 Å². The molecule has 0 saturated carbocycles. The average Bonchev–Trinajstić information content (AvgIpc) is 3.10. The number of thioether (sulfide) groups is 1. The van der Waals surface area contributed by atoms with Crippen molar-refractivity contribution in [1.82, 2.24) is 20.1 Å². The van der Waals surface area contributed by atoms with Crippen LogP contribution in [0.15, 0.2) is 58.2 Å². The molecule has 0 atom stereocenters. The molecule has 0 aliphatic heterocycles. The minimum atomic E-state index is -0.371.